The number of nitrogens with one attached hydrogen (secondary N) is 2. The van der Waals surface area contributed by atoms with Crippen LogP contribution in [0, 0.1) is 0 Å². The van der Waals surface area contributed by atoms with E-state index in [9.17, 15) is 13.2 Å². The Labute approximate surface area is 163 Å². The highest BCUT2D eigenvalue weighted by Gasteiger charge is 2.25. The summed E-state index contributed by atoms with van der Waals surface area (Å²) in [5.41, 5.74) is 0.778. The number of hydrogen-bond donors (Lipinski definition) is 2. The molecule has 2 rings (SSSR count). The third-order valence-electron chi connectivity index (χ3n) is 3.79. The van der Waals surface area contributed by atoms with Gasteiger partial charge in [-0.25, -0.2) is 8.42 Å². The summed E-state index contributed by atoms with van der Waals surface area (Å²) >= 11 is 5.89. The third kappa shape index (κ3) is 5.35. The number of carbonyl (C=O) groups is 1. The van der Waals surface area contributed by atoms with Gasteiger partial charge >= 0.3 is 0 Å². The predicted octanol–water partition coefficient (Wildman–Crippen LogP) is 2.34. The van der Waals surface area contributed by atoms with Crippen molar-refractivity contribution in [2.75, 3.05) is 14.2 Å². The minimum Gasteiger partial charge on any atom is -0.496 e. The first-order valence-corrected chi connectivity index (χ1v) is 9.90. The van der Waals surface area contributed by atoms with Crippen molar-refractivity contribution in [2.45, 2.75) is 24.4 Å². The number of amides is 1. The molecule has 0 heterocycles. The molecule has 0 spiro atoms. The summed E-state index contributed by atoms with van der Waals surface area (Å²) in [5, 5.41) is 2.92. The molecule has 1 atom stereocenters. The second-order valence-electron chi connectivity index (χ2n) is 5.67. The lowest BCUT2D eigenvalue weighted by atomic mass is 10.2. The number of methoxy groups -OCH3 is 2. The van der Waals surface area contributed by atoms with E-state index < -0.39 is 22.0 Å². The molecule has 146 valence electrons. The van der Waals surface area contributed by atoms with Gasteiger partial charge in [0, 0.05) is 17.1 Å². The Kier molecular flexibility index (Phi) is 7.06. The van der Waals surface area contributed by atoms with Gasteiger partial charge in [0.2, 0.25) is 15.9 Å². The molecule has 0 bridgehead atoms. The SMILES string of the molecule is COc1ccccc1CNC(=O)[C@@H](C)NS(=O)(=O)c1cc(Cl)ccc1OC. The van der Waals surface area contributed by atoms with Crippen LogP contribution >= 0.6 is 11.6 Å². The van der Waals surface area contributed by atoms with E-state index in [1.54, 1.807) is 6.07 Å². The maximum atomic E-state index is 12.6. The van der Waals surface area contributed by atoms with Gasteiger partial charge in [-0.1, -0.05) is 29.8 Å². The smallest absolute Gasteiger partial charge is 0.245 e. The molecule has 0 saturated carbocycles. The van der Waals surface area contributed by atoms with E-state index in [0.717, 1.165) is 5.56 Å². The zero-order valence-corrected chi connectivity index (χ0v) is 16.7. The first-order valence-electron chi connectivity index (χ1n) is 8.04. The van der Waals surface area contributed by atoms with Crippen LogP contribution in [-0.2, 0) is 21.4 Å². The van der Waals surface area contributed by atoms with E-state index in [1.165, 1.54) is 39.3 Å². The van der Waals surface area contributed by atoms with Gasteiger partial charge in [0.05, 0.1) is 20.3 Å². The lowest BCUT2D eigenvalue weighted by Crippen LogP contribution is -2.44. The van der Waals surface area contributed by atoms with Crippen LogP contribution in [0.4, 0.5) is 0 Å². The highest BCUT2D eigenvalue weighted by Crippen LogP contribution is 2.27. The molecule has 0 aliphatic carbocycles. The van der Waals surface area contributed by atoms with Crippen LogP contribution in [-0.4, -0.2) is 34.6 Å². The van der Waals surface area contributed by atoms with E-state index >= 15 is 0 Å². The van der Waals surface area contributed by atoms with Gasteiger partial charge in [-0.2, -0.15) is 4.72 Å². The maximum Gasteiger partial charge on any atom is 0.245 e. The Bertz CT molecular complexity index is 918. The second-order valence-corrected chi connectivity index (χ2v) is 7.79. The Hall–Kier alpha value is -2.29. The largest absolute Gasteiger partial charge is 0.496 e. The van der Waals surface area contributed by atoms with Gasteiger partial charge in [0.15, 0.2) is 0 Å². The summed E-state index contributed by atoms with van der Waals surface area (Å²) < 4.78 is 37.8. The molecule has 0 unspecified atom stereocenters. The van der Waals surface area contributed by atoms with E-state index in [-0.39, 0.29) is 22.2 Å². The van der Waals surface area contributed by atoms with Crippen molar-refractivity contribution in [1.29, 1.82) is 0 Å². The van der Waals surface area contributed by atoms with Crippen LogP contribution in [0.1, 0.15) is 12.5 Å². The monoisotopic (exact) mass is 412 g/mol. The normalized spacial score (nSPS) is 12.3. The Morgan fingerprint density at radius 3 is 2.44 bits per heavy atom. The first-order chi connectivity index (χ1) is 12.8. The Balaban J connectivity index is 2.08. The molecular formula is C18H21ClN2O5S. The Morgan fingerprint density at radius 2 is 1.78 bits per heavy atom. The van der Waals surface area contributed by atoms with Crippen molar-refractivity contribution in [3.05, 3.63) is 53.1 Å². The van der Waals surface area contributed by atoms with Crippen LogP contribution < -0.4 is 19.5 Å². The van der Waals surface area contributed by atoms with Crippen LogP contribution in [0.15, 0.2) is 47.4 Å². The number of para-hydroxylation sites is 1. The van der Waals surface area contributed by atoms with Crippen LogP contribution in [0.5, 0.6) is 11.5 Å². The second kappa shape index (κ2) is 9.07. The molecule has 0 fully saturated rings. The van der Waals surface area contributed by atoms with Crippen LogP contribution in [0.3, 0.4) is 0 Å². The quantitative estimate of drug-likeness (QED) is 0.694. The fourth-order valence-corrected chi connectivity index (χ4v) is 4.03. The number of ether oxygens (including phenoxy) is 2. The van der Waals surface area contributed by atoms with E-state index in [4.69, 9.17) is 21.1 Å². The van der Waals surface area contributed by atoms with Crippen molar-refractivity contribution in [1.82, 2.24) is 10.0 Å². The molecule has 0 radical (unpaired) electrons. The summed E-state index contributed by atoms with van der Waals surface area (Å²) in [4.78, 5) is 12.2. The van der Waals surface area contributed by atoms with Gasteiger partial charge in [-0.3, -0.25) is 4.79 Å². The van der Waals surface area contributed by atoms with Crippen molar-refractivity contribution in [2.24, 2.45) is 0 Å². The zero-order valence-electron chi connectivity index (χ0n) is 15.2. The van der Waals surface area contributed by atoms with Crippen molar-refractivity contribution in [3.63, 3.8) is 0 Å². The predicted molar refractivity (Wildman–Crippen MR) is 103 cm³/mol. The number of halogens is 1. The molecule has 1 amide bonds. The Morgan fingerprint density at radius 1 is 1.11 bits per heavy atom. The van der Waals surface area contributed by atoms with Gasteiger partial charge in [-0.05, 0) is 31.2 Å². The molecule has 7 nitrogen and oxygen atoms in total. The minimum atomic E-state index is -4.01. The average Bonchev–Trinajstić information content (AvgIpc) is 2.65. The molecule has 0 aliphatic rings. The highest BCUT2D eigenvalue weighted by molar-refractivity contribution is 7.89. The summed E-state index contributed by atoms with van der Waals surface area (Å²) in [7, 11) is -1.12. The number of rotatable bonds is 8. The van der Waals surface area contributed by atoms with Crippen LogP contribution in [0.25, 0.3) is 0 Å². The van der Waals surface area contributed by atoms with Crippen molar-refractivity contribution < 1.29 is 22.7 Å². The van der Waals surface area contributed by atoms with E-state index in [0.29, 0.717) is 5.75 Å². The molecule has 9 heteroatoms. The molecule has 2 aromatic carbocycles. The topological polar surface area (TPSA) is 93.7 Å². The summed E-state index contributed by atoms with van der Waals surface area (Å²) in [6.07, 6.45) is 0. The fourth-order valence-electron chi connectivity index (χ4n) is 2.39. The van der Waals surface area contributed by atoms with Crippen LogP contribution in [0.2, 0.25) is 5.02 Å². The fraction of sp³-hybridized carbons (Fsp3) is 0.278. The maximum absolute atomic E-state index is 12.6. The summed E-state index contributed by atoms with van der Waals surface area (Å²) in [6, 6.07) is 10.5. The summed E-state index contributed by atoms with van der Waals surface area (Å²) in [6.45, 7) is 1.65. The minimum absolute atomic E-state index is 0.133. The number of carbonyl (C=O) groups excluding carboxylic acids is 1. The van der Waals surface area contributed by atoms with Gasteiger partial charge in [-0.15, -0.1) is 0 Å². The van der Waals surface area contributed by atoms with E-state index in [1.807, 2.05) is 18.2 Å². The number of sulfonamides is 1. The lowest BCUT2D eigenvalue weighted by Gasteiger charge is -2.16. The molecule has 0 aromatic heterocycles. The van der Waals surface area contributed by atoms with Gasteiger partial charge < -0.3 is 14.8 Å². The summed E-state index contributed by atoms with van der Waals surface area (Å²) in [5.74, 6) is 0.286. The lowest BCUT2D eigenvalue weighted by molar-refractivity contribution is -0.122. The molecule has 0 saturated heterocycles. The van der Waals surface area contributed by atoms with Gasteiger partial charge in [0.25, 0.3) is 0 Å². The zero-order chi connectivity index (χ0) is 20.0. The number of hydrogen-bond acceptors (Lipinski definition) is 5. The molecule has 2 N–H and O–H groups in total. The van der Waals surface area contributed by atoms with E-state index in [2.05, 4.69) is 10.0 Å². The van der Waals surface area contributed by atoms with Crippen molar-refractivity contribution >= 4 is 27.5 Å². The molecule has 27 heavy (non-hydrogen) atoms. The molecule has 0 aliphatic heterocycles. The molecule has 2 aromatic rings. The number of benzene rings is 2. The first kappa shape index (κ1) is 21.0. The third-order valence-corrected chi connectivity index (χ3v) is 5.58. The van der Waals surface area contributed by atoms with Gasteiger partial charge in [0.1, 0.15) is 16.4 Å². The highest BCUT2D eigenvalue weighted by atomic mass is 35.5. The standard InChI is InChI=1S/C18H21ClN2O5S/c1-12(18(22)20-11-13-6-4-5-7-15(13)25-2)21-27(23,24)17-10-14(19)8-9-16(17)26-3/h4-10,12,21H,11H2,1-3H3,(H,20,22)/t12-/m1/s1. The van der Waals surface area contributed by atoms with Crippen molar-refractivity contribution in [3.8, 4) is 11.5 Å². The molecular weight excluding hydrogens is 392 g/mol. The average molecular weight is 413 g/mol.